The molecule has 1 aromatic rings. The summed E-state index contributed by atoms with van der Waals surface area (Å²) in [7, 11) is 0. The van der Waals surface area contributed by atoms with Gasteiger partial charge < -0.3 is 9.64 Å². The van der Waals surface area contributed by atoms with Crippen LogP contribution < -0.4 is 4.74 Å². The highest BCUT2D eigenvalue weighted by atomic mass is 16.5. The second-order valence-corrected chi connectivity index (χ2v) is 5.21. The predicted octanol–water partition coefficient (Wildman–Crippen LogP) is 3.17. The Morgan fingerprint density at radius 1 is 1.11 bits per heavy atom. The molecule has 3 heteroatoms. The molecule has 1 aliphatic rings. The van der Waals surface area contributed by atoms with E-state index in [0.717, 1.165) is 31.7 Å². The minimum atomic E-state index is 0.231. The minimum Gasteiger partial charge on any atom is -0.493 e. The first kappa shape index (κ1) is 13.9. The second kappa shape index (κ2) is 7.17. The van der Waals surface area contributed by atoms with Crippen LogP contribution in [0.5, 0.6) is 5.75 Å². The highest BCUT2D eigenvalue weighted by Crippen LogP contribution is 2.13. The van der Waals surface area contributed by atoms with Crippen molar-refractivity contribution >= 4 is 5.91 Å². The summed E-state index contributed by atoms with van der Waals surface area (Å²) in [6.45, 7) is 4.36. The minimum absolute atomic E-state index is 0.231. The van der Waals surface area contributed by atoms with Crippen LogP contribution in [-0.2, 0) is 4.79 Å². The lowest BCUT2D eigenvalue weighted by molar-refractivity contribution is -0.131. The summed E-state index contributed by atoms with van der Waals surface area (Å²) < 4.78 is 5.61. The molecule has 19 heavy (non-hydrogen) atoms. The summed E-state index contributed by atoms with van der Waals surface area (Å²) >= 11 is 0. The average Bonchev–Trinajstić information content (AvgIpc) is 2.70. The number of carbonyl (C=O) groups excluding carboxylic acids is 1. The van der Waals surface area contributed by atoms with Crippen LogP contribution in [-0.4, -0.2) is 30.5 Å². The molecule has 0 atom stereocenters. The molecular weight excluding hydrogens is 238 g/mol. The normalized spacial score (nSPS) is 15.9. The Balaban J connectivity index is 1.72. The molecule has 1 fully saturated rings. The molecule has 0 aliphatic carbocycles. The molecular formula is C16H23NO2. The Morgan fingerprint density at radius 3 is 2.37 bits per heavy atom. The van der Waals surface area contributed by atoms with E-state index in [0.29, 0.717) is 13.0 Å². The van der Waals surface area contributed by atoms with Gasteiger partial charge in [-0.3, -0.25) is 4.79 Å². The van der Waals surface area contributed by atoms with Crippen molar-refractivity contribution in [2.75, 3.05) is 19.7 Å². The third-order valence-corrected chi connectivity index (χ3v) is 3.56. The van der Waals surface area contributed by atoms with Crippen LogP contribution in [0.1, 0.15) is 37.7 Å². The summed E-state index contributed by atoms with van der Waals surface area (Å²) in [6.07, 6.45) is 5.27. The van der Waals surface area contributed by atoms with Crippen molar-refractivity contribution in [2.45, 2.75) is 39.0 Å². The lowest BCUT2D eigenvalue weighted by Crippen LogP contribution is -2.32. The van der Waals surface area contributed by atoms with Gasteiger partial charge in [0, 0.05) is 13.1 Å². The van der Waals surface area contributed by atoms with Gasteiger partial charge in [-0.05, 0) is 31.9 Å². The van der Waals surface area contributed by atoms with E-state index in [-0.39, 0.29) is 5.91 Å². The van der Waals surface area contributed by atoms with E-state index in [2.05, 4.69) is 0 Å². The van der Waals surface area contributed by atoms with Crippen LogP contribution in [0, 0.1) is 6.92 Å². The van der Waals surface area contributed by atoms with E-state index in [1.54, 1.807) is 0 Å². The number of rotatable bonds is 4. The van der Waals surface area contributed by atoms with E-state index in [1.165, 1.54) is 18.4 Å². The molecule has 0 spiro atoms. The van der Waals surface area contributed by atoms with Crippen molar-refractivity contribution in [1.29, 1.82) is 0 Å². The number of hydrogen-bond donors (Lipinski definition) is 0. The van der Waals surface area contributed by atoms with Gasteiger partial charge in [0.1, 0.15) is 5.75 Å². The molecule has 0 bridgehead atoms. The first-order valence-electron chi connectivity index (χ1n) is 7.23. The fraction of sp³-hybridized carbons (Fsp3) is 0.562. The molecule has 104 valence electrons. The van der Waals surface area contributed by atoms with E-state index < -0.39 is 0 Å². The monoisotopic (exact) mass is 261 g/mol. The zero-order chi connectivity index (χ0) is 13.5. The topological polar surface area (TPSA) is 29.5 Å². The van der Waals surface area contributed by atoms with Crippen LogP contribution in [0.25, 0.3) is 0 Å². The number of likely N-dealkylation sites (tertiary alicyclic amines) is 1. The summed E-state index contributed by atoms with van der Waals surface area (Å²) in [4.78, 5) is 14.0. The standard InChI is InChI=1S/C16H23NO2/c1-14-6-8-15(9-7-14)19-13-10-16(18)17-11-4-2-3-5-12-17/h6-9H,2-5,10-13H2,1H3. The largest absolute Gasteiger partial charge is 0.493 e. The van der Waals surface area contributed by atoms with Gasteiger partial charge in [0.15, 0.2) is 0 Å². The number of amides is 1. The highest BCUT2D eigenvalue weighted by molar-refractivity contribution is 5.76. The molecule has 0 saturated carbocycles. The lowest BCUT2D eigenvalue weighted by atomic mass is 10.2. The van der Waals surface area contributed by atoms with Gasteiger partial charge in [-0.25, -0.2) is 0 Å². The quantitative estimate of drug-likeness (QED) is 0.833. The molecule has 1 saturated heterocycles. The summed E-state index contributed by atoms with van der Waals surface area (Å²) in [5.41, 5.74) is 1.22. The van der Waals surface area contributed by atoms with Crippen molar-refractivity contribution in [2.24, 2.45) is 0 Å². The molecule has 1 amide bonds. The van der Waals surface area contributed by atoms with Crippen molar-refractivity contribution in [1.82, 2.24) is 4.90 Å². The third kappa shape index (κ3) is 4.58. The van der Waals surface area contributed by atoms with Gasteiger partial charge in [-0.15, -0.1) is 0 Å². The van der Waals surface area contributed by atoms with Crippen molar-refractivity contribution in [3.8, 4) is 5.75 Å². The predicted molar refractivity (Wildman–Crippen MR) is 76.3 cm³/mol. The van der Waals surface area contributed by atoms with Gasteiger partial charge in [-0.2, -0.15) is 0 Å². The zero-order valence-corrected chi connectivity index (χ0v) is 11.7. The zero-order valence-electron chi connectivity index (χ0n) is 11.7. The summed E-state index contributed by atoms with van der Waals surface area (Å²) in [5, 5.41) is 0. The first-order valence-corrected chi connectivity index (χ1v) is 7.23. The van der Waals surface area contributed by atoms with Crippen LogP contribution in [0.15, 0.2) is 24.3 Å². The van der Waals surface area contributed by atoms with E-state index in [9.17, 15) is 4.79 Å². The van der Waals surface area contributed by atoms with Crippen LogP contribution in [0.4, 0.5) is 0 Å². The smallest absolute Gasteiger partial charge is 0.225 e. The Hall–Kier alpha value is -1.51. The van der Waals surface area contributed by atoms with Gasteiger partial charge >= 0.3 is 0 Å². The maximum atomic E-state index is 12.0. The van der Waals surface area contributed by atoms with Crippen LogP contribution in [0.3, 0.4) is 0 Å². The lowest BCUT2D eigenvalue weighted by Gasteiger charge is -2.20. The summed E-state index contributed by atoms with van der Waals surface area (Å²) in [6, 6.07) is 7.94. The molecule has 1 aromatic carbocycles. The number of benzene rings is 1. The maximum Gasteiger partial charge on any atom is 0.225 e. The fourth-order valence-electron chi connectivity index (χ4n) is 2.37. The van der Waals surface area contributed by atoms with Gasteiger partial charge in [0.25, 0.3) is 0 Å². The van der Waals surface area contributed by atoms with Crippen molar-refractivity contribution in [3.63, 3.8) is 0 Å². The maximum absolute atomic E-state index is 12.0. The van der Waals surface area contributed by atoms with E-state index >= 15 is 0 Å². The first-order chi connectivity index (χ1) is 9.25. The Morgan fingerprint density at radius 2 is 1.74 bits per heavy atom. The van der Waals surface area contributed by atoms with Gasteiger partial charge in [0.05, 0.1) is 13.0 Å². The van der Waals surface area contributed by atoms with Gasteiger partial charge in [0.2, 0.25) is 5.91 Å². The number of aryl methyl sites for hydroxylation is 1. The van der Waals surface area contributed by atoms with Crippen molar-refractivity contribution < 1.29 is 9.53 Å². The fourth-order valence-corrected chi connectivity index (χ4v) is 2.37. The number of ether oxygens (including phenoxy) is 1. The molecule has 1 heterocycles. The molecule has 0 N–H and O–H groups in total. The van der Waals surface area contributed by atoms with Gasteiger partial charge in [-0.1, -0.05) is 30.5 Å². The SMILES string of the molecule is Cc1ccc(OCCC(=O)N2CCCCCC2)cc1. The molecule has 1 aliphatic heterocycles. The third-order valence-electron chi connectivity index (χ3n) is 3.56. The molecule has 0 unspecified atom stereocenters. The van der Waals surface area contributed by atoms with E-state index in [4.69, 9.17) is 4.74 Å². The van der Waals surface area contributed by atoms with Crippen LogP contribution >= 0.6 is 0 Å². The highest BCUT2D eigenvalue weighted by Gasteiger charge is 2.14. The Kier molecular flexibility index (Phi) is 5.25. The van der Waals surface area contributed by atoms with E-state index in [1.807, 2.05) is 36.1 Å². The average molecular weight is 261 g/mol. The summed E-state index contributed by atoms with van der Waals surface area (Å²) in [5.74, 6) is 1.07. The number of carbonyl (C=O) groups is 1. The molecule has 3 nitrogen and oxygen atoms in total. The van der Waals surface area contributed by atoms with Crippen LogP contribution in [0.2, 0.25) is 0 Å². The molecule has 0 radical (unpaired) electrons. The Labute approximate surface area is 115 Å². The second-order valence-electron chi connectivity index (χ2n) is 5.21. The number of hydrogen-bond acceptors (Lipinski definition) is 2. The number of nitrogens with zero attached hydrogens (tertiary/aromatic N) is 1. The Bertz CT molecular complexity index is 392. The van der Waals surface area contributed by atoms with Crippen molar-refractivity contribution in [3.05, 3.63) is 29.8 Å². The molecule has 2 rings (SSSR count). The molecule has 0 aromatic heterocycles.